The topological polar surface area (TPSA) is 82.0 Å². The van der Waals surface area contributed by atoms with Crippen LogP contribution in [-0.2, 0) is 0 Å². The third-order valence-electron chi connectivity index (χ3n) is 2.58. The van der Waals surface area contributed by atoms with Crippen LogP contribution in [0.5, 0.6) is 0 Å². The average Bonchev–Trinajstić information content (AvgIpc) is 2.82. The van der Waals surface area contributed by atoms with E-state index in [0.717, 1.165) is 0 Å². The summed E-state index contributed by atoms with van der Waals surface area (Å²) in [6.45, 7) is 0. The maximum Gasteiger partial charge on any atom is 0.258 e. The lowest BCUT2D eigenvalue weighted by Gasteiger charge is -2.00. The van der Waals surface area contributed by atoms with Crippen molar-refractivity contribution >= 4 is 39.4 Å². The number of hydrogen-bond donors (Lipinski definition) is 1. The van der Waals surface area contributed by atoms with Crippen molar-refractivity contribution in [3.8, 4) is 11.4 Å². The van der Waals surface area contributed by atoms with Crippen LogP contribution < -0.4 is 5.73 Å². The van der Waals surface area contributed by atoms with E-state index in [1.165, 1.54) is 22.3 Å². The highest BCUT2D eigenvalue weighted by atomic mass is 79.9. The Morgan fingerprint density at radius 2 is 2.10 bits per heavy atom. The van der Waals surface area contributed by atoms with Crippen molar-refractivity contribution in [3.05, 3.63) is 28.5 Å². The van der Waals surface area contributed by atoms with E-state index in [1.54, 1.807) is 12.1 Å². The Labute approximate surface area is 125 Å². The summed E-state index contributed by atoms with van der Waals surface area (Å²) in [5, 5.41) is 4.64. The smallest absolute Gasteiger partial charge is 0.258 e. The van der Waals surface area contributed by atoms with Crippen molar-refractivity contribution in [2.45, 2.75) is 5.16 Å². The predicted molar refractivity (Wildman–Crippen MR) is 77.9 cm³/mol. The van der Waals surface area contributed by atoms with Gasteiger partial charge in [-0.3, -0.25) is 0 Å². The first-order chi connectivity index (χ1) is 9.60. The van der Waals surface area contributed by atoms with E-state index in [2.05, 4.69) is 36.0 Å². The summed E-state index contributed by atoms with van der Waals surface area (Å²) in [5.41, 5.74) is 6.06. The molecule has 2 aromatic heterocycles. The monoisotopic (exact) mass is 354 g/mol. The predicted octanol–water partition coefficient (Wildman–Crippen LogP) is 2.39. The molecule has 0 atom stereocenters. The second kappa shape index (κ2) is 4.98. The minimum absolute atomic E-state index is 0.158. The summed E-state index contributed by atoms with van der Waals surface area (Å²) in [5.74, 6) is 0.221. The van der Waals surface area contributed by atoms with E-state index in [-0.39, 0.29) is 23.1 Å². The number of hydrogen-bond acceptors (Lipinski definition) is 6. The van der Waals surface area contributed by atoms with Gasteiger partial charge < -0.3 is 5.73 Å². The molecule has 3 rings (SSSR count). The van der Waals surface area contributed by atoms with E-state index in [4.69, 9.17) is 5.73 Å². The highest BCUT2D eigenvalue weighted by molar-refractivity contribution is 9.10. The van der Waals surface area contributed by atoms with Gasteiger partial charge in [0.2, 0.25) is 5.95 Å². The SMILES string of the molecule is CSc1nc(N)n2nc(-c3c(F)cccc3Br)nc2n1. The first-order valence-corrected chi connectivity index (χ1v) is 7.50. The Morgan fingerprint density at radius 3 is 2.80 bits per heavy atom. The lowest BCUT2D eigenvalue weighted by atomic mass is 10.2. The Balaban J connectivity index is 2.26. The highest BCUT2D eigenvalue weighted by Crippen LogP contribution is 2.29. The number of aromatic nitrogens is 5. The Kier molecular flexibility index (Phi) is 3.30. The molecular formula is C11H8BrFN6S. The standard InChI is InChI=1S/C11H8BrFN6S/c1-20-11-16-9(14)19-10(17-11)15-8(18-19)7-5(12)3-2-4-6(7)13/h2-4H,1H3,(H2,14,15,16,17,18). The Morgan fingerprint density at radius 1 is 1.30 bits per heavy atom. The summed E-state index contributed by atoms with van der Waals surface area (Å²) in [6, 6.07) is 4.65. The molecule has 6 nitrogen and oxygen atoms in total. The number of nitrogens with two attached hydrogens (primary N) is 1. The number of nitrogen functional groups attached to an aromatic ring is 1. The summed E-state index contributed by atoms with van der Waals surface area (Å²) in [6.07, 6.45) is 1.83. The zero-order valence-electron chi connectivity index (χ0n) is 10.2. The Hall–Kier alpha value is -1.74. The number of rotatable bonds is 2. The van der Waals surface area contributed by atoms with Crippen LogP contribution in [0.2, 0.25) is 0 Å². The summed E-state index contributed by atoms with van der Waals surface area (Å²) >= 11 is 4.63. The molecule has 0 saturated carbocycles. The lowest BCUT2D eigenvalue weighted by molar-refractivity contribution is 0.629. The van der Waals surface area contributed by atoms with Gasteiger partial charge in [0, 0.05) is 4.47 Å². The van der Waals surface area contributed by atoms with Crippen LogP contribution in [0.25, 0.3) is 17.2 Å². The molecule has 102 valence electrons. The molecule has 0 amide bonds. The van der Waals surface area contributed by atoms with Crippen molar-refractivity contribution in [2.24, 2.45) is 0 Å². The van der Waals surface area contributed by atoms with Crippen LogP contribution >= 0.6 is 27.7 Å². The van der Waals surface area contributed by atoms with E-state index in [1.807, 2.05) is 6.26 Å². The number of benzene rings is 1. The molecule has 0 spiro atoms. The van der Waals surface area contributed by atoms with Gasteiger partial charge in [-0.15, -0.1) is 5.10 Å². The maximum absolute atomic E-state index is 13.9. The molecule has 2 N–H and O–H groups in total. The van der Waals surface area contributed by atoms with E-state index in [0.29, 0.717) is 9.63 Å². The number of halogens is 2. The van der Waals surface area contributed by atoms with Gasteiger partial charge in [-0.05, 0) is 34.3 Å². The van der Waals surface area contributed by atoms with Gasteiger partial charge in [-0.25, -0.2) is 4.39 Å². The Bertz CT molecular complexity index is 785. The van der Waals surface area contributed by atoms with Crippen LogP contribution in [0.15, 0.2) is 27.8 Å². The normalized spacial score (nSPS) is 11.2. The molecule has 0 aliphatic carbocycles. The third-order valence-corrected chi connectivity index (χ3v) is 3.79. The number of fused-ring (bicyclic) bond motifs is 1. The van der Waals surface area contributed by atoms with Crippen LogP contribution in [0.4, 0.5) is 10.3 Å². The van der Waals surface area contributed by atoms with Crippen molar-refractivity contribution in [1.29, 1.82) is 0 Å². The lowest BCUT2D eigenvalue weighted by Crippen LogP contribution is -2.04. The van der Waals surface area contributed by atoms with Gasteiger partial charge in [0.25, 0.3) is 5.78 Å². The van der Waals surface area contributed by atoms with Crippen LogP contribution in [-0.4, -0.2) is 30.8 Å². The van der Waals surface area contributed by atoms with Crippen LogP contribution in [0, 0.1) is 5.82 Å². The van der Waals surface area contributed by atoms with Crippen LogP contribution in [0.3, 0.4) is 0 Å². The molecule has 0 fully saturated rings. The second-order valence-corrected chi connectivity index (χ2v) is 5.44. The average molecular weight is 355 g/mol. The van der Waals surface area contributed by atoms with E-state index >= 15 is 0 Å². The quantitative estimate of drug-likeness (QED) is 0.711. The first kappa shape index (κ1) is 13.3. The second-order valence-electron chi connectivity index (χ2n) is 3.81. The molecule has 1 aromatic carbocycles. The van der Waals surface area contributed by atoms with Crippen LogP contribution in [0.1, 0.15) is 0 Å². The number of anilines is 1. The zero-order valence-corrected chi connectivity index (χ0v) is 12.6. The van der Waals surface area contributed by atoms with E-state index < -0.39 is 5.82 Å². The summed E-state index contributed by atoms with van der Waals surface area (Å²) in [7, 11) is 0. The number of nitrogens with zero attached hydrogens (tertiary/aromatic N) is 5. The minimum atomic E-state index is -0.424. The summed E-state index contributed by atoms with van der Waals surface area (Å²) in [4.78, 5) is 12.5. The molecule has 0 unspecified atom stereocenters. The molecule has 9 heteroatoms. The third kappa shape index (κ3) is 2.12. The van der Waals surface area contributed by atoms with Crippen molar-refractivity contribution in [3.63, 3.8) is 0 Å². The molecule has 2 heterocycles. The van der Waals surface area contributed by atoms with Gasteiger partial charge in [0.1, 0.15) is 5.82 Å². The molecule has 0 aliphatic rings. The fraction of sp³-hybridized carbons (Fsp3) is 0.0909. The highest BCUT2D eigenvalue weighted by Gasteiger charge is 2.17. The molecule has 0 bridgehead atoms. The summed E-state index contributed by atoms with van der Waals surface area (Å²) < 4.78 is 15.8. The molecule has 3 aromatic rings. The van der Waals surface area contributed by atoms with Gasteiger partial charge in [0.15, 0.2) is 11.0 Å². The molecule has 0 radical (unpaired) electrons. The fourth-order valence-corrected chi connectivity index (χ4v) is 2.57. The number of thioether (sulfide) groups is 1. The van der Waals surface area contributed by atoms with Gasteiger partial charge in [-0.1, -0.05) is 17.8 Å². The largest absolute Gasteiger partial charge is 0.368 e. The van der Waals surface area contributed by atoms with E-state index in [9.17, 15) is 4.39 Å². The van der Waals surface area contributed by atoms with Gasteiger partial charge >= 0.3 is 0 Å². The van der Waals surface area contributed by atoms with Crippen molar-refractivity contribution in [1.82, 2.24) is 24.6 Å². The zero-order chi connectivity index (χ0) is 14.3. The molecular weight excluding hydrogens is 347 g/mol. The van der Waals surface area contributed by atoms with Crippen molar-refractivity contribution in [2.75, 3.05) is 12.0 Å². The first-order valence-electron chi connectivity index (χ1n) is 5.49. The van der Waals surface area contributed by atoms with Gasteiger partial charge in [0.05, 0.1) is 5.56 Å². The fourth-order valence-electron chi connectivity index (χ4n) is 1.69. The molecule has 0 saturated heterocycles. The molecule has 20 heavy (non-hydrogen) atoms. The van der Waals surface area contributed by atoms with Gasteiger partial charge in [-0.2, -0.15) is 19.5 Å². The maximum atomic E-state index is 13.9. The minimum Gasteiger partial charge on any atom is -0.368 e. The van der Waals surface area contributed by atoms with Crippen molar-refractivity contribution < 1.29 is 4.39 Å². The molecule has 0 aliphatic heterocycles.